The van der Waals surface area contributed by atoms with Gasteiger partial charge in [0.2, 0.25) is 0 Å². The summed E-state index contributed by atoms with van der Waals surface area (Å²) in [5.41, 5.74) is 11.5. The third-order valence-corrected chi connectivity index (χ3v) is 13.0. The van der Waals surface area contributed by atoms with E-state index in [1.807, 2.05) is 66.7 Å². The van der Waals surface area contributed by atoms with Crippen molar-refractivity contribution in [1.82, 2.24) is 19.5 Å². The molecule has 0 bridgehead atoms. The van der Waals surface area contributed by atoms with Gasteiger partial charge in [0.05, 0.1) is 11.0 Å². The van der Waals surface area contributed by atoms with Crippen molar-refractivity contribution in [2.45, 2.75) is 0 Å². The van der Waals surface area contributed by atoms with Crippen LogP contribution in [-0.4, -0.2) is 19.5 Å². The summed E-state index contributed by atoms with van der Waals surface area (Å²) in [5, 5.41) is 11.5. The Bertz CT molecular complexity index is 4250. The molecule has 0 unspecified atom stereocenters. The Balaban J connectivity index is 1.06. The summed E-state index contributed by atoms with van der Waals surface area (Å²) in [6.45, 7) is 0. The highest BCUT2D eigenvalue weighted by Gasteiger charge is 2.24. The number of aromatic nitrogens is 4. The number of hydrogen-bond donors (Lipinski definition) is 0. The second kappa shape index (κ2) is 13.8. The zero-order chi connectivity index (χ0) is 42.6. The third kappa shape index (κ3) is 5.38. The molecular weight excluding hydrogens is 797 g/mol. The summed E-state index contributed by atoms with van der Waals surface area (Å²) in [7, 11) is 0. The zero-order valence-electron chi connectivity index (χ0n) is 34.7. The summed E-state index contributed by atoms with van der Waals surface area (Å²) >= 11 is 0. The molecule has 65 heavy (non-hydrogen) atoms. The molecule has 0 aliphatic carbocycles. The number of furan rings is 2. The zero-order valence-corrected chi connectivity index (χ0v) is 34.7. The fraction of sp³-hybridized carbons (Fsp3) is 0. The van der Waals surface area contributed by atoms with E-state index in [1.54, 1.807) is 0 Å². The van der Waals surface area contributed by atoms with Crippen LogP contribution in [0.1, 0.15) is 0 Å². The molecule has 0 atom stereocenters. The van der Waals surface area contributed by atoms with Gasteiger partial charge in [0, 0.05) is 65.6 Å². The van der Waals surface area contributed by atoms with E-state index in [4.69, 9.17) is 23.8 Å². The van der Waals surface area contributed by atoms with Gasteiger partial charge >= 0.3 is 0 Å². The number of nitrogens with zero attached hydrogens (tertiary/aromatic N) is 4. The molecule has 4 heterocycles. The predicted molar refractivity (Wildman–Crippen MR) is 265 cm³/mol. The maximum absolute atomic E-state index is 6.47. The molecule has 302 valence electrons. The van der Waals surface area contributed by atoms with Crippen LogP contribution in [0.4, 0.5) is 0 Å². The number of para-hydroxylation sites is 3. The van der Waals surface area contributed by atoms with Gasteiger partial charge in [-0.05, 0) is 64.2 Å². The maximum atomic E-state index is 6.47. The van der Waals surface area contributed by atoms with Crippen LogP contribution in [0.15, 0.2) is 215 Å². The Morgan fingerprint density at radius 2 is 0.815 bits per heavy atom. The first-order chi connectivity index (χ1) is 32.2. The SMILES string of the molecule is c1ccc(-c2nc(-c3cccc(-n4c5c(-c6cccc7oc8ccccc8c67)cccc5c5c6ccccc6c6ccccc6c54)c3)nc(-c3ccc4c(c3)oc3ccccc34)n2)cc1. The van der Waals surface area contributed by atoms with Crippen molar-refractivity contribution < 1.29 is 8.83 Å². The Labute approximate surface area is 371 Å². The minimum absolute atomic E-state index is 0.568. The average Bonchev–Trinajstić information content (AvgIpc) is 4.07. The summed E-state index contributed by atoms with van der Waals surface area (Å²) in [6, 6.07) is 72.2. The summed E-state index contributed by atoms with van der Waals surface area (Å²) in [5.74, 6) is 1.74. The molecule has 0 saturated carbocycles. The molecule has 6 nitrogen and oxygen atoms in total. The summed E-state index contributed by atoms with van der Waals surface area (Å²) in [6.07, 6.45) is 0. The largest absolute Gasteiger partial charge is 0.456 e. The van der Waals surface area contributed by atoms with Gasteiger partial charge in [-0.1, -0.05) is 164 Å². The fourth-order valence-electron chi connectivity index (χ4n) is 10.2. The number of rotatable bonds is 5. The molecule has 0 spiro atoms. The second-order valence-corrected chi connectivity index (χ2v) is 16.7. The molecule has 0 N–H and O–H groups in total. The lowest BCUT2D eigenvalue weighted by Gasteiger charge is -2.15. The summed E-state index contributed by atoms with van der Waals surface area (Å²) in [4.78, 5) is 15.5. The van der Waals surface area contributed by atoms with E-state index in [0.29, 0.717) is 17.5 Å². The molecule has 14 rings (SSSR count). The first kappa shape index (κ1) is 35.7. The van der Waals surface area contributed by atoms with Crippen molar-refractivity contribution in [3.63, 3.8) is 0 Å². The van der Waals surface area contributed by atoms with Crippen LogP contribution in [0.25, 0.3) is 138 Å². The molecule has 4 aromatic heterocycles. The van der Waals surface area contributed by atoms with Crippen LogP contribution in [0.3, 0.4) is 0 Å². The van der Waals surface area contributed by atoms with Crippen molar-refractivity contribution in [3.8, 4) is 51.0 Å². The van der Waals surface area contributed by atoms with Crippen LogP contribution in [0, 0.1) is 0 Å². The minimum atomic E-state index is 0.568. The normalized spacial score (nSPS) is 12.0. The molecule has 0 fully saturated rings. The van der Waals surface area contributed by atoms with Crippen molar-refractivity contribution in [3.05, 3.63) is 206 Å². The molecule has 14 aromatic rings. The molecule has 0 saturated heterocycles. The lowest BCUT2D eigenvalue weighted by molar-refractivity contribution is 0.668. The topological polar surface area (TPSA) is 69.9 Å². The molecular formula is C59H34N4O2. The van der Waals surface area contributed by atoms with Gasteiger partial charge in [-0.3, -0.25) is 0 Å². The van der Waals surface area contributed by atoms with Gasteiger partial charge in [-0.2, -0.15) is 0 Å². The van der Waals surface area contributed by atoms with Gasteiger partial charge in [-0.25, -0.2) is 15.0 Å². The first-order valence-corrected chi connectivity index (χ1v) is 21.8. The van der Waals surface area contributed by atoms with Gasteiger partial charge in [0.1, 0.15) is 22.3 Å². The van der Waals surface area contributed by atoms with E-state index in [9.17, 15) is 0 Å². The van der Waals surface area contributed by atoms with Crippen molar-refractivity contribution in [1.29, 1.82) is 0 Å². The molecule has 10 aromatic carbocycles. The second-order valence-electron chi connectivity index (χ2n) is 16.7. The smallest absolute Gasteiger partial charge is 0.164 e. The first-order valence-electron chi connectivity index (χ1n) is 21.8. The lowest BCUT2D eigenvalue weighted by atomic mass is 9.95. The molecule has 0 aliphatic heterocycles. The highest BCUT2D eigenvalue weighted by atomic mass is 16.3. The van der Waals surface area contributed by atoms with Gasteiger partial charge in [0.15, 0.2) is 17.5 Å². The van der Waals surface area contributed by atoms with E-state index in [1.165, 1.54) is 32.3 Å². The molecule has 0 amide bonds. The molecule has 0 radical (unpaired) electrons. The van der Waals surface area contributed by atoms with Gasteiger partial charge in [0.25, 0.3) is 0 Å². The van der Waals surface area contributed by atoms with E-state index >= 15 is 0 Å². The lowest BCUT2D eigenvalue weighted by Crippen LogP contribution is -2.01. The van der Waals surface area contributed by atoms with E-state index < -0.39 is 0 Å². The van der Waals surface area contributed by atoms with Crippen LogP contribution >= 0.6 is 0 Å². The summed E-state index contributed by atoms with van der Waals surface area (Å²) < 4.78 is 15.3. The number of benzene rings is 10. The van der Waals surface area contributed by atoms with E-state index in [-0.39, 0.29) is 0 Å². The Morgan fingerprint density at radius 1 is 0.292 bits per heavy atom. The van der Waals surface area contributed by atoms with Crippen molar-refractivity contribution in [2.75, 3.05) is 0 Å². The third-order valence-electron chi connectivity index (χ3n) is 13.0. The fourth-order valence-corrected chi connectivity index (χ4v) is 10.2. The maximum Gasteiger partial charge on any atom is 0.164 e. The highest BCUT2D eigenvalue weighted by molar-refractivity contribution is 6.33. The van der Waals surface area contributed by atoms with E-state index in [0.717, 1.165) is 88.4 Å². The minimum Gasteiger partial charge on any atom is -0.456 e. The van der Waals surface area contributed by atoms with Gasteiger partial charge in [-0.15, -0.1) is 0 Å². The standard InChI is InChI=1S/C59H34N4O2/c1-2-15-35(16-3-1)57-60-58(62-59(61-57)37-31-32-42-41-21-8-10-28-49(41)65-52(42)34-37)36-17-12-18-38(33-36)63-55-46(44-25-14-30-51-53(44)47-24-9-11-29-50(47)64-51)26-13-27-48(55)54-43-22-6-4-19-39(43)40-20-5-7-23-45(40)56(54)63/h1-34H. The molecule has 6 heteroatoms. The quantitative estimate of drug-likeness (QED) is 0.162. The predicted octanol–water partition coefficient (Wildman–Crippen LogP) is 15.7. The average molecular weight is 831 g/mol. The molecule has 0 aliphatic rings. The van der Waals surface area contributed by atoms with Crippen molar-refractivity contribution >= 4 is 87.2 Å². The van der Waals surface area contributed by atoms with Crippen LogP contribution < -0.4 is 0 Å². The van der Waals surface area contributed by atoms with Crippen molar-refractivity contribution in [2.24, 2.45) is 0 Å². The Morgan fingerprint density at radius 3 is 1.62 bits per heavy atom. The number of fused-ring (bicyclic) bond motifs is 14. The van der Waals surface area contributed by atoms with Crippen LogP contribution in [0.5, 0.6) is 0 Å². The van der Waals surface area contributed by atoms with Crippen LogP contribution in [0.2, 0.25) is 0 Å². The van der Waals surface area contributed by atoms with Gasteiger partial charge < -0.3 is 13.4 Å². The number of hydrogen-bond acceptors (Lipinski definition) is 5. The Kier molecular flexibility index (Phi) is 7.59. The Hall–Kier alpha value is -8.87. The van der Waals surface area contributed by atoms with E-state index in [2.05, 4.69) is 144 Å². The monoisotopic (exact) mass is 830 g/mol. The highest BCUT2D eigenvalue weighted by Crippen LogP contribution is 2.47. The van der Waals surface area contributed by atoms with Crippen LogP contribution in [-0.2, 0) is 0 Å².